The number of ether oxygens (including phenoxy) is 1. The lowest BCUT2D eigenvalue weighted by molar-refractivity contribution is -0.142. The maximum absolute atomic E-state index is 12.3. The Bertz CT molecular complexity index is 988. The normalized spacial score (nSPS) is 14.6. The van der Waals surface area contributed by atoms with Gasteiger partial charge in [0.1, 0.15) is 19.2 Å². The van der Waals surface area contributed by atoms with E-state index >= 15 is 0 Å². The largest absolute Gasteiger partial charge is 0.480 e. The predicted molar refractivity (Wildman–Crippen MR) is 101 cm³/mol. The van der Waals surface area contributed by atoms with Crippen LogP contribution in [0.15, 0.2) is 34.1 Å². The lowest BCUT2D eigenvalue weighted by Crippen LogP contribution is -2.48. The van der Waals surface area contributed by atoms with Crippen LogP contribution in [0, 0.1) is 0 Å². The zero-order valence-electron chi connectivity index (χ0n) is 15.5. The Morgan fingerprint density at radius 1 is 1.03 bits per heavy atom. The number of aliphatic carboxylic acids is 1. The van der Waals surface area contributed by atoms with Gasteiger partial charge >= 0.3 is 12.1 Å². The number of benzene rings is 1. The van der Waals surface area contributed by atoms with E-state index in [2.05, 4.69) is 10.6 Å². The average molecular weight is 441 g/mol. The maximum Gasteiger partial charge on any atom is 0.407 e. The summed E-state index contributed by atoms with van der Waals surface area (Å²) in [4.78, 5) is 45.5. The molecule has 0 aliphatic carbocycles. The molecule has 2 rings (SSSR count). The Morgan fingerprint density at radius 3 is 2.33 bits per heavy atom. The van der Waals surface area contributed by atoms with Crippen LogP contribution in [0.4, 0.5) is 4.79 Å². The molecule has 162 valence electrons. The highest BCUT2D eigenvalue weighted by molar-refractivity contribution is 7.95. The number of carbonyl (C=O) groups excluding carboxylic acids is 3. The first-order chi connectivity index (χ1) is 14.1. The van der Waals surface area contributed by atoms with Crippen molar-refractivity contribution < 1.29 is 42.5 Å². The SMILES string of the molecule is O=C(CNC(=O)OCC1=Cc2ccccc2S1(=O)=O)NCC(=O)N[C@@H](CO)C(=O)O. The summed E-state index contributed by atoms with van der Waals surface area (Å²) in [7, 11) is -3.74. The monoisotopic (exact) mass is 441 g/mol. The summed E-state index contributed by atoms with van der Waals surface area (Å²) >= 11 is 0. The third kappa shape index (κ3) is 5.78. The number of carboxylic acids is 1. The van der Waals surface area contributed by atoms with Crippen molar-refractivity contribution in [3.63, 3.8) is 0 Å². The van der Waals surface area contributed by atoms with Crippen LogP contribution in [-0.4, -0.2) is 74.9 Å². The number of carbonyl (C=O) groups is 4. The molecule has 1 aromatic rings. The number of aliphatic hydroxyl groups is 1. The molecule has 12 nitrogen and oxygen atoms in total. The number of carboxylic acid groups (broad SMARTS) is 1. The Balaban J connectivity index is 1.72. The smallest absolute Gasteiger partial charge is 0.407 e. The van der Waals surface area contributed by atoms with Crippen molar-refractivity contribution in [2.75, 3.05) is 26.3 Å². The van der Waals surface area contributed by atoms with E-state index in [1.54, 1.807) is 18.2 Å². The lowest BCUT2D eigenvalue weighted by Gasteiger charge is -2.12. The van der Waals surface area contributed by atoms with Crippen molar-refractivity contribution in [3.8, 4) is 0 Å². The Hall–Kier alpha value is -3.45. The van der Waals surface area contributed by atoms with E-state index in [0.29, 0.717) is 5.56 Å². The molecule has 0 radical (unpaired) electrons. The standard InChI is InChI=1S/C17H19N3O9S/c21-8-12(16(24)25)20-15(23)7-18-14(22)6-19-17(26)29-9-11-5-10-3-1-2-4-13(10)30(11,27)28/h1-5,12,21H,6-9H2,(H,18,22)(H,19,26)(H,20,23)(H,24,25)/t12-/m0/s1. The van der Waals surface area contributed by atoms with Gasteiger partial charge in [0.15, 0.2) is 0 Å². The van der Waals surface area contributed by atoms with E-state index in [1.807, 2.05) is 5.32 Å². The minimum atomic E-state index is -3.74. The number of alkyl carbamates (subject to hydrolysis) is 1. The molecule has 1 heterocycles. The highest BCUT2D eigenvalue weighted by Crippen LogP contribution is 2.32. The molecule has 13 heteroatoms. The fourth-order valence-electron chi connectivity index (χ4n) is 2.37. The Kier molecular flexibility index (Phi) is 7.49. The first kappa shape index (κ1) is 22.8. The van der Waals surface area contributed by atoms with Gasteiger partial charge in [-0.3, -0.25) is 9.59 Å². The maximum atomic E-state index is 12.3. The highest BCUT2D eigenvalue weighted by atomic mass is 32.2. The average Bonchev–Trinajstić information content (AvgIpc) is 2.97. The summed E-state index contributed by atoms with van der Waals surface area (Å²) in [5.41, 5.74) is 0.487. The Labute approximate surface area is 170 Å². The molecule has 0 aromatic heterocycles. The van der Waals surface area contributed by atoms with Crippen molar-refractivity contribution in [2.45, 2.75) is 10.9 Å². The van der Waals surface area contributed by atoms with E-state index < -0.39 is 66.1 Å². The number of sulfone groups is 1. The number of rotatable bonds is 9. The lowest BCUT2D eigenvalue weighted by atomic mass is 10.2. The summed E-state index contributed by atoms with van der Waals surface area (Å²) in [5.74, 6) is -3.08. The number of hydrogen-bond donors (Lipinski definition) is 5. The van der Waals surface area contributed by atoms with E-state index in [4.69, 9.17) is 14.9 Å². The van der Waals surface area contributed by atoms with Gasteiger partial charge in [-0.1, -0.05) is 18.2 Å². The van der Waals surface area contributed by atoms with E-state index in [-0.39, 0.29) is 9.80 Å². The van der Waals surface area contributed by atoms with Gasteiger partial charge in [0.25, 0.3) is 0 Å². The van der Waals surface area contributed by atoms with Crippen LogP contribution in [0.3, 0.4) is 0 Å². The van der Waals surface area contributed by atoms with Gasteiger partial charge in [-0.2, -0.15) is 0 Å². The quantitative estimate of drug-likeness (QED) is 0.295. The molecule has 0 saturated carbocycles. The molecule has 1 atom stereocenters. The second-order valence-corrected chi connectivity index (χ2v) is 7.97. The third-order valence-corrected chi connectivity index (χ3v) is 5.75. The molecule has 0 fully saturated rings. The summed E-state index contributed by atoms with van der Waals surface area (Å²) in [5, 5.41) is 23.7. The second kappa shape index (κ2) is 9.84. The van der Waals surface area contributed by atoms with Crippen LogP contribution in [-0.2, 0) is 29.0 Å². The van der Waals surface area contributed by atoms with Crippen LogP contribution in [0.1, 0.15) is 5.56 Å². The molecule has 0 bridgehead atoms. The van der Waals surface area contributed by atoms with Crippen LogP contribution in [0.2, 0.25) is 0 Å². The number of hydrogen-bond acceptors (Lipinski definition) is 8. The molecule has 1 aliphatic heterocycles. The Morgan fingerprint density at radius 2 is 1.70 bits per heavy atom. The van der Waals surface area contributed by atoms with E-state index in [9.17, 15) is 27.6 Å². The molecule has 1 aliphatic rings. The molecule has 0 spiro atoms. The zero-order chi connectivity index (χ0) is 22.3. The topological polar surface area (TPSA) is 188 Å². The summed E-state index contributed by atoms with van der Waals surface area (Å²) in [6.07, 6.45) is 0.341. The van der Waals surface area contributed by atoms with Crippen molar-refractivity contribution >= 4 is 39.8 Å². The van der Waals surface area contributed by atoms with Gasteiger partial charge in [0.05, 0.1) is 23.0 Å². The minimum Gasteiger partial charge on any atom is -0.480 e. The van der Waals surface area contributed by atoms with Crippen molar-refractivity contribution in [2.24, 2.45) is 0 Å². The fraction of sp³-hybridized carbons (Fsp3) is 0.294. The van der Waals surface area contributed by atoms with Gasteiger partial charge in [0.2, 0.25) is 21.7 Å². The first-order valence-corrected chi connectivity index (χ1v) is 9.98. The molecule has 3 amide bonds. The second-order valence-electron chi connectivity index (χ2n) is 6.00. The van der Waals surface area contributed by atoms with Gasteiger partial charge in [-0.15, -0.1) is 0 Å². The van der Waals surface area contributed by atoms with Crippen LogP contribution >= 0.6 is 0 Å². The van der Waals surface area contributed by atoms with Crippen molar-refractivity contribution in [1.29, 1.82) is 0 Å². The number of amides is 3. The highest BCUT2D eigenvalue weighted by Gasteiger charge is 2.29. The van der Waals surface area contributed by atoms with Crippen LogP contribution in [0.25, 0.3) is 6.08 Å². The number of aliphatic hydroxyl groups excluding tert-OH is 1. The van der Waals surface area contributed by atoms with Crippen LogP contribution in [0.5, 0.6) is 0 Å². The first-order valence-electron chi connectivity index (χ1n) is 8.50. The van der Waals surface area contributed by atoms with Gasteiger partial charge < -0.3 is 30.9 Å². The molecule has 1 aromatic carbocycles. The van der Waals surface area contributed by atoms with Crippen LogP contribution < -0.4 is 16.0 Å². The van der Waals surface area contributed by atoms with E-state index in [1.165, 1.54) is 12.1 Å². The molecule has 0 saturated heterocycles. The van der Waals surface area contributed by atoms with Gasteiger partial charge in [0, 0.05) is 0 Å². The summed E-state index contributed by atoms with van der Waals surface area (Å²) in [6, 6.07) is 4.79. The number of nitrogens with one attached hydrogen (secondary N) is 3. The molecule has 5 N–H and O–H groups in total. The molecular formula is C17H19N3O9S. The molecular weight excluding hydrogens is 422 g/mol. The van der Waals surface area contributed by atoms with Gasteiger partial charge in [-0.05, 0) is 17.7 Å². The van der Waals surface area contributed by atoms with E-state index in [0.717, 1.165) is 0 Å². The predicted octanol–water partition coefficient (Wildman–Crippen LogP) is -1.78. The number of fused-ring (bicyclic) bond motifs is 1. The molecule has 30 heavy (non-hydrogen) atoms. The summed E-state index contributed by atoms with van der Waals surface area (Å²) < 4.78 is 29.4. The summed E-state index contributed by atoms with van der Waals surface area (Å²) in [6.45, 7) is -2.49. The third-order valence-electron chi connectivity index (χ3n) is 3.87. The fourth-order valence-corrected chi connectivity index (χ4v) is 3.84. The zero-order valence-corrected chi connectivity index (χ0v) is 16.3. The van der Waals surface area contributed by atoms with Crippen molar-refractivity contribution in [3.05, 3.63) is 34.7 Å². The van der Waals surface area contributed by atoms with Gasteiger partial charge in [-0.25, -0.2) is 18.0 Å². The minimum absolute atomic E-state index is 0.100. The van der Waals surface area contributed by atoms with Crippen molar-refractivity contribution in [1.82, 2.24) is 16.0 Å². The molecule has 0 unspecified atom stereocenters.